The van der Waals surface area contributed by atoms with Crippen molar-refractivity contribution in [2.45, 2.75) is 109 Å². The van der Waals surface area contributed by atoms with Gasteiger partial charge < -0.3 is 28.3 Å². The number of esters is 1. The Balaban J connectivity index is 1.75. The number of rotatable bonds is 30. The lowest BCUT2D eigenvalue weighted by molar-refractivity contribution is -0.870. The van der Waals surface area contributed by atoms with E-state index >= 15 is 0 Å². The molecule has 0 fully saturated rings. The van der Waals surface area contributed by atoms with Crippen LogP contribution in [0.5, 0.6) is 11.5 Å². The van der Waals surface area contributed by atoms with Crippen molar-refractivity contribution in [3.8, 4) is 11.5 Å². The minimum atomic E-state index is -4.47. The van der Waals surface area contributed by atoms with Crippen LogP contribution in [0.15, 0.2) is 78.9 Å². The SMILES string of the molecule is CCCCCCCCCCCCCCCC(=O)O[C@H](COC(c1ccccc1)(c1ccc(OC)cc1)c1ccc(OC)cc1)COP(=O)(O)OCC[N+](C)(C)C. The number of likely N-dealkylation sites (N-methyl/N-ethyl adjacent to an activating group) is 1. The predicted molar refractivity (Wildman–Crippen MR) is 223 cm³/mol. The molecule has 0 aliphatic carbocycles. The fourth-order valence-electron chi connectivity index (χ4n) is 6.58. The molecule has 3 aromatic carbocycles. The first-order valence-corrected chi connectivity index (χ1v) is 22.0. The maximum atomic E-state index is 13.3. The Morgan fingerprint density at radius 1 is 0.661 bits per heavy atom. The van der Waals surface area contributed by atoms with Crippen LogP contribution in [-0.4, -0.2) is 83.2 Å². The molecule has 3 rings (SSSR count). The molecule has 11 heteroatoms. The van der Waals surface area contributed by atoms with Gasteiger partial charge in [-0.25, -0.2) is 4.57 Å². The number of hydrogen-bond acceptors (Lipinski definition) is 8. The zero-order valence-electron chi connectivity index (χ0n) is 34.9. The van der Waals surface area contributed by atoms with Crippen molar-refractivity contribution in [2.24, 2.45) is 0 Å². The van der Waals surface area contributed by atoms with Crippen LogP contribution in [0.1, 0.15) is 114 Å². The highest BCUT2D eigenvalue weighted by Gasteiger charge is 2.39. The summed E-state index contributed by atoms with van der Waals surface area (Å²) in [7, 11) is 4.64. The minimum Gasteiger partial charge on any atom is -0.497 e. The molecule has 56 heavy (non-hydrogen) atoms. The van der Waals surface area contributed by atoms with Gasteiger partial charge in [0, 0.05) is 6.42 Å². The molecule has 2 atom stereocenters. The molecule has 1 N–H and O–H groups in total. The van der Waals surface area contributed by atoms with Gasteiger partial charge in [-0.2, -0.15) is 0 Å². The Bertz CT molecular complexity index is 1500. The number of ether oxygens (including phenoxy) is 4. The molecule has 0 aliphatic heterocycles. The van der Waals surface area contributed by atoms with Crippen molar-refractivity contribution in [3.05, 3.63) is 95.6 Å². The number of nitrogens with zero attached hydrogens (tertiary/aromatic N) is 1. The lowest BCUT2D eigenvalue weighted by atomic mass is 9.80. The van der Waals surface area contributed by atoms with Crippen molar-refractivity contribution in [1.29, 1.82) is 0 Å². The van der Waals surface area contributed by atoms with E-state index in [0.717, 1.165) is 36.0 Å². The molecule has 0 spiro atoms. The Morgan fingerprint density at radius 3 is 1.59 bits per heavy atom. The lowest BCUT2D eigenvalue weighted by Gasteiger charge is -2.37. The normalized spacial score (nSPS) is 13.6. The Labute approximate surface area is 337 Å². The number of carbonyl (C=O) groups is 1. The Morgan fingerprint density at radius 2 is 1.12 bits per heavy atom. The van der Waals surface area contributed by atoms with E-state index in [2.05, 4.69) is 6.92 Å². The Kier molecular flexibility index (Phi) is 21.2. The lowest BCUT2D eigenvalue weighted by Crippen LogP contribution is -2.38. The number of phosphoric ester groups is 1. The van der Waals surface area contributed by atoms with E-state index < -0.39 is 32.1 Å². The van der Waals surface area contributed by atoms with Crippen molar-refractivity contribution in [3.63, 3.8) is 0 Å². The first kappa shape index (κ1) is 47.1. The molecule has 0 aliphatic rings. The van der Waals surface area contributed by atoms with E-state index in [-0.39, 0.29) is 19.6 Å². The van der Waals surface area contributed by atoms with Gasteiger partial charge in [-0.15, -0.1) is 0 Å². The van der Waals surface area contributed by atoms with Gasteiger partial charge in [0.05, 0.1) is 48.6 Å². The molecular formula is C45H69NO9P+. The summed E-state index contributed by atoms with van der Waals surface area (Å²) in [4.78, 5) is 23.9. The number of methoxy groups -OCH3 is 2. The van der Waals surface area contributed by atoms with Crippen LogP contribution in [0.25, 0.3) is 0 Å². The topological polar surface area (TPSA) is 110 Å². The van der Waals surface area contributed by atoms with Crippen LogP contribution in [0.3, 0.4) is 0 Å². The standard InChI is InChI=1S/C45H68NO9P/c1-7-8-9-10-11-12-13-14-15-16-17-18-22-25-44(47)55-43(37-54-56(48,49)53-35-34-46(2,3)4)36-52-45(38-23-20-19-21-24-38,39-26-30-41(50-5)31-27-39)40-28-32-42(51-6)33-29-40/h19-21,23-24,26-33,43H,7-18,22,25,34-37H2,1-6H3/p+1/t43-/m1/s1. The summed E-state index contributed by atoms with van der Waals surface area (Å²) in [6.45, 7) is 2.20. The first-order valence-electron chi connectivity index (χ1n) is 20.5. The third kappa shape index (κ3) is 17.1. The highest BCUT2D eigenvalue weighted by Crippen LogP contribution is 2.44. The summed E-state index contributed by atoms with van der Waals surface area (Å²) in [6, 6.07) is 25.0. The van der Waals surface area contributed by atoms with Gasteiger partial charge in [-0.05, 0) is 47.4 Å². The molecule has 0 saturated heterocycles. The summed E-state index contributed by atoms with van der Waals surface area (Å²) >= 11 is 0. The smallest absolute Gasteiger partial charge is 0.472 e. The van der Waals surface area contributed by atoms with E-state index in [1.807, 2.05) is 100 Å². The number of carbonyl (C=O) groups excluding carboxylic acids is 1. The summed E-state index contributed by atoms with van der Waals surface area (Å²) in [5.74, 6) is 0.953. The van der Waals surface area contributed by atoms with Gasteiger partial charge in [-0.3, -0.25) is 13.8 Å². The molecule has 0 saturated carbocycles. The first-order chi connectivity index (χ1) is 26.9. The average molecular weight is 799 g/mol. The summed E-state index contributed by atoms with van der Waals surface area (Å²) in [6.07, 6.45) is 14.9. The van der Waals surface area contributed by atoms with Crippen molar-refractivity contribution in [1.82, 2.24) is 0 Å². The van der Waals surface area contributed by atoms with Gasteiger partial charge in [0.25, 0.3) is 0 Å². The predicted octanol–water partition coefficient (Wildman–Crippen LogP) is 10.2. The second-order valence-corrected chi connectivity index (χ2v) is 17.0. The number of quaternary nitrogens is 1. The van der Waals surface area contributed by atoms with E-state index in [1.165, 1.54) is 57.8 Å². The van der Waals surface area contributed by atoms with E-state index in [0.29, 0.717) is 28.9 Å². The van der Waals surface area contributed by atoms with Gasteiger partial charge in [-0.1, -0.05) is 139 Å². The van der Waals surface area contributed by atoms with Gasteiger partial charge in [0.1, 0.15) is 36.4 Å². The number of benzene rings is 3. The molecule has 0 amide bonds. The van der Waals surface area contributed by atoms with Gasteiger partial charge >= 0.3 is 13.8 Å². The highest BCUT2D eigenvalue weighted by molar-refractivity contribution is 7.47. The fourth-order valence-corrected chi connectivity index (χ4v) is 7.33. The molecule has 3 aromatic rings. The molecule has 0 radical (unpaired) electrons. The highest BCUT2D eigenvalue weighted by atomic mass is 31.2. The van der Waals surface area contributed by atoms with Crippen LogP contribution in [-0.2, 0) is 33.5 Å². The van der Waals surface area contributed by atoms with E-state index in [9.17, 15) is 14.3 Å². The van der Waals surface area contributed by atoms with Crippen molar-refractivity contribution >= 4 is 13.8 Å². The second-order valence-electron chi connectivity index (χ2n) is 15.5. The van der Waals surface area contributed by atoms with Crippen LogP contribution < -0.4 is 9.47 Å². The monoisotopic (exact) mass is 798 g/mol. The molecular weight excluding hydrogens is 729 g/mol. The number of unbranched alkanes of at least 4 members (excludes halogenated alkanes) is 12. The molecule has 10 nitrogen and oxygen atoms in total. The third-order valence-corrected chi connectivity index (χ3v) is 10.9. The maximum Gasteiger partial charge on any atom is 0.472 e. The molecule has 1 unspecified atom stereocenters. The quantitative estimate of drug-likeness (QED) is 0.0232. The largest absolute Gasteiger partial charge is 0.497 e. The third-order valence-electron chi connectivity index (χ3n) is 9.88. The summed E-state index contributed by atoms with van der Waals surface area (Å²) in [5.41, 5.74) is 1.22. The second kappa shape index (κ2) is 25.2. The number of hydrogen-bond donors (Lipinski definition) is 1. The minimum absolute atomic E-state index is 0.0172. The van der Waals surface area contributed by atoms with Crippen molar-refractivity contribution in [2.75, 3.05) is 61.7 Å². The van der Waals surface area contributed by atoms with Gasteiger partial charge in [0.2, 0.25) is 0 Å². The zero-order valence-corrected chi connectivity index (χ0v) is 35.8. The average Bonchev–Trinajstić information content (AvgIpc) is 3.19. The van der Waals surface area contributed by atoms with Crippen LogP contribution in [0, 0.1) is 0 Å². The summed E-state index contributed by atoms with van der Waals surface area (Å²) in [5, 5.41) is 0. The van der Waals surface area contributed by atoms with Gasteiger partial charge in [0.15, 0.2) is 0 Å². The van der Waals surface area contributed by atoms with Crippen molar-refractivity contribution < 1.29 is 46.7 Å². The molecule has 312 valence electrons. The molecule has 0 bridgehead atoms. The van der Waals surface area contributed by atoms with E-state index in [4.69, 9.17) is 28.0 Å². The van der Waals surface area contributed by atoms with Crippen LogP contribution >= 0.6 is 7.82 Å². The summed E-state index contributed by atoms with van der Waals surface area (Å²) < 4.78 is 48.1. The van der Waals surface area contributed by atoms with Crippen LogP contribution in [0.4, 0.5) is 0 Å². The number of phosphoric acid groups is 1. The van der Waals surface area contributed by atoms with Crippen LogP contribution in [0.2, 0.25) is 0 Å². The van der Waals surface area contributed by atoms with E-state index in [1.54, 1.807) is 14.2 Å². The fraction of sp³-hybridized carbons (Fsp3) is 0.578. The molecule has 0 heterocycles. The maximum absolute atomic E-state index is 13.3. The zero-order chi connectivity index (χ0) is 40.7. The Hall–Kier alpha value is -3.24. The molecule has 0 aromatic heterocycles.